The van der Waals surface area contributed by atoms with E-state index in [4.69, 9.17) is 18.9 Å². The van der Waals surface area contributed by atoms with Gasteiger partial charge in [-0.2, -0.15) is 13.2 Å². The Balaban J connectivity index is 0.589. The molecule has 0 radical (unpaired) electrons. The molecule has 8 amide bonds. The van der Waals surface area contributed by atoms with Crippen molar-refractivity contribution < 1.29 is 70.5 Å². The summed E-state index contributed by atoms with van der Waals surface area (Å²) in [5, 5.41) is 21.9. The standard InChI is InChI=1S/C77H115F3N14O12/c1-50(2)91(3)56-21-31-66(94-37-32-64(76(94)102)89-73-61-43-53(77(78,79)80)18-30-63(61)85-49-86-73)65(44-56)90-74(100)51-16-19-55(20-17-51)88-68(96)15-10-40-104-58-24-28-60(29-25-58)106-42-36-83-70(98)48-93(38-34-84-75(101)62-45-71(99)92(4)72(62)52-11-8-33-81-46-52)47-69(97)82-35-41-105-59-26-22-57(23-27-59)103-39-9-14-67(95)87-54-12-6-5-7-13-54/h8,11,18,30,33,43,46,49-51,54-60,62,64-66,72H,5-7,9-10,12-17,19-29,31-32,34-42,44-45,47-48H2,1-4H3,(H,82,97)(H,83,98)(H,84,101)(H,87,95)(H,88,96)(H,90,100)(H,85,86,89)/t51?,55?,56-,57?,58?,59?,60?,62+,64+,65-,66+,72-/m1/s1. The number of anilines is 1. The number of carbonyl (C=O) groups is 8. The molecule has 1 aromatic carbocycles. The maximum atomic E-state index is 14.2. The normalized spacial score (nSPS) is 26.1. The van der Waals surface area contributed by atoms with Crippen LogP contribution >= 0.6 is 0 Å². The highest BCUT2D eigenvalue weighted by atomic mass is 19.4. The number of alkyl halides is 3. The van der Waals surface area contributed by atoms with E-state index in [0.29, 0.717) is 115 Å². The van der Waals surface area contributed by atoms with Gasteiger partial charge in [0.25, 0.3) is 0 Å². The molecule has 0 spiro atoms. The van der Waals surface area contributed by atoms with Crippen LogP contribution in [0.4, 0.5) is 19.0 Å². The molecule has 7 fully saturated rings. The first-order valence-electron chi connectivity index (χ1n) is 39.3. The summed E-state index contributed by atoms with van der Waals surface area (Å²) in [7, 11) is 3.76. The van der Waals surface area contributed by atoms with E-state index in [1.54, 1.807) is 35.3 Å². The Morgan fingerprint density at radius 1 is 0.651 bits per heavy atom. The lowest BCUT2D eigenvalue weighted by atomic mass is 9.82. The van der Waals surface area contributed by atoms with Gasteiger partial charge in [-0.1, -0.05) is 25.3 Å². The topological polar surface area (TPSA) is 309 Å². The summed E-state index contributed by atoms with van der Waals surface area (Å²) in [6, 6.07) is 5.85. The molecule has 586 valence electrons. The highest BCUT2D eigenvalue weighted by molar-refractivity contribution is 5.94. The van der Waals surface area contributed by atoms with Crippen molar-refractivity contribution in [3.63, 3.8) is 0 Å². The highest BCUT2D eigenvalue weighted by Crippen LogP contribution is 2.39. The van der Waals surface area contributed by atoms with Gasteiger partial charge >= 0.3 is 6.18 Å². The van der Waals surface area contributed by atoms with Crippen LogP contribution in [0.15, 0.2) is 49.1 Å². The van der Waals surface area contributed by atoms with Crippen molar-refractivity contribution in [1.29, 1.82) is 0 Å². The summed E-state index contributed by atoms with van der Waals surface area (Å²) >= 11 is 0. The molecule has 29 heteroatoms. The van der Waals surface area contributed by atoms with Crippen LogP contribution in [0.2, 0.25) is 0 Å². The average Bonchev–Trinajstić information content (AvgIpc) is 1.55. The molecule has 26 nitrogen and oxygen atoms in total. The van der Waals surface area contributed by atoms with Gasteiger partial charge in [-0.05, 0) is 179 Å². The first-order valence-corrected chi connectivity index (χ1v) is 39.3. The molecule has 0 bridgehead atoms. The Bertz CT molecular complexity index is 3350. The van der Waals surface area contributed by atoms with E-state index in [1.165, 1.54) is 31.7 Å². The smallest absolute Gasteiger partial charge is 0.378 e. The van der Waals surface area contributed by atoms with E-state index in [-0.39, 0.29) is 165 Å². The summed E-state index contributed by atoms with van der Waals surface area (Å²) < 4.78 is 65.8. The number of aromatic nitrogens is 3. The lowest BCUT2D eigenvalue weighted by Gasteiger charge is -2.45. The van der Waals surface area contributed by atoms with Crippen molar-refractivity contribution in [3.05, 3.63) is 60.2 Å². The van der Waals surface area contributed by atoms with Crippen LogP contribution in [-0.2, 0) is 63.5 Å². The molecule has 4 heterocycles. The monoisotopic (exact) mass is 1480 g/mol. The van der Waals surface area contributed by atoms with Gasteiger partial charge in [0.2, 0.25) is 47.3 Å². The fourth-order valence-electron chi connectivity index (χ4n) is 16.6. The second-order valence-corrected chi connectivity index (χ2v) is 30.6. The van der Waals surface area contributed by atoms with Crippen LogP contribution in [0.3, 0.4) is 0 Å². The zero-order valence-corrected chi connectivity index (χ0v) is 62.5. The van der Waals surface area contributed by atoms with E-state index in [0.717, 1.165) is 88.3 Å². The summed E-state index contributed by atoms with van der Waals surface area (Å²) in [6.45, 7) is 6.95. The number of likely N-dealkylation sites (tertiary alicyclic amines) is 2. The van der Waals surface area contributed by atoms with Crippen LogP contribution in [-0.4, -0.2) is 235 Å². The molecule has 0 unspecified atom stereocenters. The van der Waals surface area contributed by atoms with Crippen LogP contribution in [0.5, 0.6) is 0 Å². The van der Waals surface area contributed by atoms with Gasteiger partial charge in [0.1, 0.15) is 18.2 Å². The Morgan fingerprint density at radius 2 is 1.25 bits per heavy atom. The molecule has 10 rings (SSSR count). The van der Waals surface area contributed by atoms with Crippen molar-refractivity contribution in [2.45, 2.75) is 260 Å². The molecule has 6 atom stereocenters. The maximum absolute atomic E-state index is 14.2. The fourth-order valence-corrected chi connectivity index (χ4v) is 16.6. The molecule has 2 saturated heterocycles. The van der Waals surface area contributed by atoms with Crippen molar-refractivity contribution in [3.8, 4) is 0 Å². The zero-order valence-electron chi connectivity index (χ0n) is 62.5. The number of benzene rings is 1. The zero-order chi connectivity index (χ0) is 75.1. The van der Waals surface area contributed by atoms with Gasteiger partial charge in [-0.3, -0.25) is 48.2 Å². The van der Waals surface area contributed by atoms with E-state index in [1.807, 2.05) is 11.0 Å². The van der Waals surface area contributed by atoms with Gasteiger partial charge < -0.3 is 70.9 Å². The Labute approximate surface area is 621 Å². The molecular formula is C77H115F3N14O12. The first kappa shape index (κ1) is 81.3. The number of amides is 8. The number of nitrogens with zero attached hydrogens (tertiary/aromatic N) is 7. The quantitative estimate of drug-likeness (QED) is 0.0287. The second kappa shape index (κ2) is 40.3. The molecule has 5 saturated carbocycles. The van der Waals surface area contributed by atoms with Gasteiger partial charge in [0, 0.05) is 120 Å². The molecule has 3 aromatic rings. The van der Waals surface area contributed by atoms with Gasteiger partial charge in [-0.15, -0.1) is 0 Å². The summed E-state index contributed by atoms with van der Waals surface area (Å²) in [5.74, 6) is -1.95. The molecule has 7 aliphatic rings. The van der Waals surface area contributed by atoms with E-state index in [9.17, 15) is 51.5 Å². The molecule has 106 heavy (non-hydrogen) atoms. The minimum absolute atomic E-state index is 0.00271. The Kier molecular flexibility index (Phi) is 30.9. The molecular weight excluding hydrogens is 1370 g/mol. The number of nitrogens with one attached hydrogen (secondary N) is 7. The predicted octanol–water partition coefficient (Wildman–Crippen LogP) is 7.05. The number of ether oxygens (including phenoxy) is 4. The number of fused-ring (bicyclic) bond motifs is 1. The minimum atomic E-state index is -4.56. The fraction of sp³-hybridized carbons (Fsp3) is 0.727. The Morgan fingerprint density at radius 3 is 1.82 bits per heavy atom. The number of rotatable bonds is 36. The SMILES string of the molecule is CC(C)N(C)[C@@H]1CC[C@H](N2CC[C@H](Nc3ncnc4ccc(C(F)(F)F)cc34)C2=O)[C@H](NC(=O)C2CCC(NC(=O)CCCOC3CCC(OCCNC(=O)CN(CCNC(=O)[C@H]4CC(=O)N(C)[C@@H]4c4cccnc4)CC(=O)NCCOC4CCC(OCCCC(=O)NC5CCCCC5)CC4)CC3)CC2)C1. The van der Waals surface area contributed by atoms with Crippen LogP contribution in [0.1, 0.15) is 198 Å². The number of carbonyl (C=O) groups excluding carboxylic acids is 8. The number of hydrogen-bond donors (Lipinski definition) is 7. The Hall–Kier alpha value is -7.18. The molecule has 5 aliphatic carbocycles. The number of halogens is 3. The maximum Gasteiger partial charge on any atom is 0.416 e. The largest absolute Gasteiger partial charge is 0.416 e. The van der Waals surface area contributed by atoms with Crippen LogP contribution in [0, 0.1) is 11.8 Å². The first-order chi connectivity index (χ1) is 51.1. The van der Waals surface area contributed by atoms with E-state index >= 15 is 0 Å². The van der Waals surface area contributed by atoms with Gasteiger partial charge in [-0.25, -0.2) is 9.97 Å². The number of hydrogen-bond acceptors (Lipinski definition) is 18. The third-order valence-electron chi connectivity index (χ3n) is 22.9. The van der Waals surface area contributed by atoms with Crippen molar-refractivity contribution >= 4 is 64.0 Å². The summed E-state index contributed by atoms with van der Waals surface area (Å²) in [5.41, 5.74) is 0.252. The molecule has 2 aromatic heterocycles. The van der Waals surface area contributed by atoms with Crippen molar-refractivity contribution in [2.75, 3.05) is 91.7 Å². The predicted molar refractivity (Wildman–Crippen MR) is 391 cm³/mol. The highest BCUT2D eigenvalue weighted by Gasteiger charge is 2.46. The van der Waals surface area contributed by atoms with Gasteiger partial charge in [0.15, 0.2) is 0 Å². The van der Waals surface area contributed by atoms with Crippen molar-refractivity contribution in [1.82, 2.24) is 66.5 Å². The van der Waals surface area contributed by atoms with Crippen molar-refractivity contribution in [2.24, 2.45) is 11.8 Å². The third kappa shape index (κ3) is 24.2. The van der Waals surface area contributed by atoms with Crippen LogP contribution < -0.4 is 37.2 Å². The van der Waals surface area contributed by atoms with E-state index in [2.05, 4.69) is 78.0 Å². The lowest BCUT2D eigenvalue weighted by molar-refractivity contribution is -0.137. The molecule has 2 aliphatic heterocycles. The summed E-state index contributed by atoms with van der Waals surface area (Å²) in [4.78, 5) is 127. The minimum Gasteiger partial charge on any atom is -0.378 e. The third-order valence-corrected chi connectivity index (χ3v) is 22.9. The average molecular weight is 1490 g/mol. The van der Waals surface area contributed by atoms with Crippen LogP contribution in [0.25, 0.3) is 10.9 Å². The molecule has 7 N–H and O–H groups in total. The van der Waals surface area contributed by atoms with Gasteiger partial charge in [0.05, 0.1) is 85.8 Å². The summed E-state index contributed by atoms with van der Waals surface area (Å²) in [6.07, 6.45) is 19.8. The second-order valence-electron chi connectivity index (χ2n) is 30.6. The van der Waals surface area contributed by atoms with E-state index < -0.39 is 29.7 Å². The number of pyridine rings is 1. The lowest BCUT2D eigenvalue weighted by Crippen LogP contribution is -2.59.